The van der Waals surface area contributed by atoms with Gasteiger partial charge in [0.05, 0.1) is 4.90 Å². The van der Waals surface area contributed by atoms with E-state index < -0.39 is 10.0 Å². The standard InChI is InChI=1S/C25H32FN3O4S/c1-19-17-23(34(31,32)27-21-5-3-2-4-6-21)11-12-24(19)33-18-25(30)29-15-13-28(14-16-29)22-9-7-20(26)8-10-22/h7-12,17,21,27H,2-6,13-16,18H2,1H3. The molecule has 0 aromatic heterocycles. The number of sulfonamides is 1. The number of rotatable bonds is 7. The lowest BCUT2D eigenvalue weighted by atomic mass is 9.96. The number of carbonyl (C=O) groups excluding carboxylic acids is 1. The average molecular weight is 490 g/mol. The molecule has 1 amide bonds. The Kier molecular flexibility index (Phi) is 7.73. The van der Waals surface area contributed by atoms with Crippen molar-refractivity contribution in [2.45, 2.75) is 50.0 Å². The van der Waals surface area contributed by atoms with Crippen molar-refractivity contribution < 1.29 is 22.3 Å². The molecule has 2 aliphatic rings. The zero-order chi connectivity index (χ0) is 24.1. The van der Waals surface area contributed by atoms with Gasteiger partial charge in [-0.15, -0.1) is 0 Å². The van der Waals surface area contributed by atoms with Crippen LogP contribution < -0.4 is 14.4 Å². The number of amides is 1. The lowest BCUT2D eigenvalue weighted by Crippen LogP contribution is -2.50. The van der Waals surface area contributed by atoms with Gasteiger partial charge in [0.1, 0.15) is 11.6 Å². The van der Waals surface area contributed by atoms with Crippen LogP contribution in [-0.4, -0.2) is 58.1 Å². The molecule has 0 unspecified atom stereocenters. The molecular weight excluding hydrogens is 457 g/mol. The SMILES string of the molecule is Cc1cc(S(=O)(=O)NC2CCCCC2)ccc1OCC(=O)N1CCN(c2ccc(F)cc2)CC1. The third-order valence-electron chi connectivity index (χ3n) is 6.56. The van der Waals surface area contributed by atoms with E-state index in [2.05, 4.69) is 9.62 Å². The molecule has 0 atom stereocenters. The first-order chi connectivity index (χ1) is 16.3. The summed E-state index contributed by atoms with van der Waals surface area (Å²) in [5, 5.41) is 0. The second kappa shape index (κ2) is 10.7. The van der Waals surface area contributed by atoms with E-state index >= 15 is 0 Å². The number of hydrogen-bond donors (Lipinski definition) is 1. The van der Waals surface area contributed by atoms with Crippen molar-refractivity contribution in [3.05, 3.63) is 53.8 Å². The third kappa shape index (κ3) is 6.07. The van der Waals surface area contributed by atoms with Crippen LogP contribution in [0.4, 0.5) is 10.1 Å². The van der Waals surface area contributed by atoms with E-state index in [1.807, 2.05) is 0 Å². The number of ether oxygens (including phenoxy) is 1. The molecule has 0 bridgehead atoms. The third-order valence-corrected chi connectivity index (χ3v) is 8.08. The van der Waals surface area contributed by atoms with Crippen LogP contribution in [-0.2, 0) is 14.8 Å². The first-order valence-corrected chi connectivity index (χ1v) is 13.3. The topological polar surface area (TPSA) is 78.9 Å². The van der Waals surface area contributed by atoms with Gasteiger partial charge in [-0.05, 0) is 67.8 Å². The van der Waals surface area contributed by atoms with Crippen LogP contribution in [0.15, 0.2) is 47.4 Å². The summed E-state index contributed by atoms with van der Waals surface area (Å²) < 4.78 is 47.2. The van der Waals surface area contributed by atoms with Gasteiger partial charge in [0.15, 0.2) is 6.61 Å². The highest BCUT2D eigenvalue weighted by Crippen LogP contribution is 2.24. The summed E-state index contributed by atoms with van der Waals surface area (Å²) in [7, 11) is -3.58. The van der Waals surface area contributed by atoms with E-state index in [0.717, 1.165) is 37.8 Å². The molecule has 1 aliphatic carbocycles. The number of anilines is 1. The quantitative estimate of drug-likeness (QED) is 0.644. The van der Waals surface area contributed by atoms with Gasteiger partial charge < -0.3 is 14.5 Å². The van der Waals surface area contributed by atoms with Crippen molar-refractivity contribution in [2.24, 2.45) is 0 Å². The minimum atomic E-state index is -3.58. The van der Waals surface area contributed by atoms with E-state index in [0.29, 0.717) is 37.5 Å². The Morgan fingerprint density at radius 3 is 2.35 bits per heavy atom. The lowest BCUT2D eigenvalue weighted by molar-refractivity contribution is -0.133. The van der Waals surface area contributed by atoms with Crippen molar-refractivity contribution in [1.29, 1.82) is 0 Å². The first kappa shape index (κ1) is 24.5. The number of benzene rings is 2. The molecule has 34 heavy (non-hydrogen) atoms. The maximum atomic E-state index is 13.1. The summed E-state index contributed by atoms with van der Waals surface area (Å²) in [6.07, 6.45) is 5.01. The van der Waals surface area contributed by atoms with E-state index in [9.17, 15) is 17.6 Å². The fraction of sp³-hybridized carbons (Fsp3) is 0.480. The monoisotopic (exact) mass is 489 g/mol. The van der Waals surface area contributed by atoms with Crippen LogP contribution in [0.5, 0.6) is 5.75 Å². The molecule has 1 saturated carbocycles. The van der Waals surface area contributed by atoms with Crippen LogP contribution in [0, 0.1) is 12.7 Å². The van der Waals surface area contributed by atoms with E-state index in [4.69, 9.17) is 4.74 Å². The van der Waals surface area contributed by atoms with Crippen LogP contribution in [0.2, 0.25) is 0 Å². The molecule has 0 radical (unpaired) electrons. The molecule has 1 aliphatic heterocycles. The minimum Gasteiger partial charge on any atom is -0.483 e. The summed E-state index contributed by atoms with van der Waals surface area (Å²) in [6.45, 7) is 4.11. The van der Waals surface area contributed by atoms with E-state index in [-0.39, 0.29) is 29.3 Å². The highest BCUT2D eigenvalue weighted by molar-refractivity contribution is 7.89. The van der Waals surface area contributed by atoms with Gasteiger partial charge in [-0.2, -0.15) is 0 Å². The molecule has 2 fully saturated rings. The van der Waals surface area contributed by atoms with Gasteiger partial charge in [-0.1, -0.05) is 19.3 Å². The van der Waals surface area contributed by atoms with E-state index in [1.165, 1.54) is 18.2 Å². The summed E-state index contributed by atoms with van der Waals surface area (Å²) in [6, 6.07) is 11.1. The van der Waals surface area contributed by atoms with Crippen molar-refractivity contribution in [3.63, 3.8) is 0 Å². The van der Waals surface area contributed by atoms with E-state index in [1.54, 1.807) is 36.1 Å². The summed E-state index contributed by atoms with van der Waals surface area (Å²) in [4.78, 5) is 16.7. The number of piperazine rings is 1. The fourth-order valence-electron chi connectivity index (χ4n) is 4.56. The van der Waals surface area contributed by atoms with Gasteiger partial charge in [0.25, 0.3) is 5.91 Å². The smallest absolute Gasteiger partial charge is 0.260 e. The normalized spacial score (nSPS) is 17.6. The zero-order valence-corrected chi connectivity index (χ0v) is 20.3. The Hall–Kier alpha value is -2.65. The molecule has 2 aromatic rings. The Balaban J connectivity index is 1.28. The number of hydrogen-bond acceptors (Lipinski definition) is 5. The molecule has 1 heterocycles. The van der Waals surface area contributed by atoms with Gasteiger partial charge in [0.2, 0.25) is 10.0 Å². The second-order valence-electron chi connectivity index (χ2n) is 9.02. The predicted molar refractivity (Wildman–Crippen MR) is 129 cm³/mol. The molecule has 1 saturated heterocycles. The molecule has 7 nitrogen and oxygen atoms in total. The van der Waals surface area contributed by atoms with Crippen molar-refractivity contribution >= 4 is 21.6 Å². The van der Waals surface area contributed by atoms with Crippen LogP contribution in [0.3, 0.4) is 0 Å². The van der Waals surface area contributed by atoms with Gasteiger partial charge in [0, 0.05) is 37.9 Å². The average Bonchev–Trinajstić information content (AvgIpc) is 2.84. The van der Waals surface area contributed by atoms with Crippen LogP contribution in [0.25, 0.3) is 0 Å². The molecule has 4 rings (SSSR count). The van der Waals surface area contributed by atoms with Crippen LogP contribution in [0.1, 0.15) is 37.7 Å². The Bertz CT molecular complexity index is 1090. The van der Waals surface area contributed by atoms with Gasteiger partial charge >= 0.3 is 0 Å². The Labute approximate surface area is 200 Å². The molecule has 2 aromatic carbocycles. The first-order valence-electron chi connectivity index (χ1n) is 11.9. The Morgan fingerprint density at radius 1 is 1.03 bits per heavy atom. The molecule has 0 spiro atoms. The fourth-order valence-corrected chi connectivity index (χ4v) is 5.95. The number of aryl methyl sites for hydroxylation is 1. The summed E-state index contributed by atoms with van der Waals surface area (Å²) in [5.74, 6) is 0.111. The molecule has 9 heteroatoms. The molecular formula is C25H32FN3O4S. The number of halogens is 1. The number of nitrogens with zero attached hydrogens (tertiary/aromatic N) is 2. The predicted octanol–water partition coefficient (Wildman–Crippen LogP) is 3.47. The summed E-state index contributed by atoms with van der Waals surface area (Å²) in [5.41, 5.74) is 1.61. The number of carbonyl (C=O) groups is 1. The van der Waals surface area contributed by atoms with Crippen molar-refractivity contribution in [1.82, 2.24) is 9.62 Å². The molecule has 1 N–H and O–H groups in total. The maximum absolute atomic E-state index is 13.1. The minimum absolute atomic E-state index is 0.00358. The highest BCUT2D eigenvalue weighted by atomic mass is 32.2. The largest absolute Gasteiger partial charge is 0.483 e. The lowest BCUT2D eigenvalue weighted by Gasteiger charge is -2.36. The summed E-state index contributed by atoms with van der Waals surface area (Å²) >= 11 is 0. The highest BCUT2D eigenvalue weighted by Gasteiger charge is 2.24. The zero-order valence-electron chi connectivity index (χ0n) is 19.5. The molecule has 184 valence electrons. The number of nitrogens with one attached hydrogen (secondary N) is 1. The van der Waals surface area contributed by atoms with Crippen molar-refractivity contribution in [3.8, 4) is 5.75 Å². The second-order valence-corrected chi connectivity index (χ2v) is 10.7. The Morgan fingerprint density at radius 2 is 1.71 bits per heavy atom. The van der Waals surface area contributed by atoms with Crippen LogP contribution >= 0.6 is 0 Å². The van der Waals surface area contributed by atoms with Gasteiger partial charge in [-0.3, -0.25) is 4.79 Å². The van der Waals surface area contributed by atoms with Gasteiger partial charge in [-0.25, -0.2) is 17.5 Å². The maximum Gasteiger partial charge on any atom is 0.260 e. The van der Waals surface area contributed by atoms with Crippen molar-refractivity contribution in [2.75, 3.05) is 37.7 Å².